The molecule has 12 rings (SSSR count). The molecule has 0 radical (unpaired) electrons. The van der Waals surface area contributed by atoms with Gasteiger partial charge in [-0.1, -0.05) is 84.9 Å². The van der Waals surface area contributed by atoms with Crippen molar-refractivity contribution in [3.05, 3.63) is 170 Å². The molecule has 5 nitrogen and oxygen atoms in total. The van der Waals surface area contributed by atoms with Gasteiger partial charge in [-0.2, -0.15) is 0 Å². The third-order valence-electron chi connectivity index (χ3n) is 10.9. The number of hydrogen-bond acceptors (Lipinski definition) is 2. The molecule has 0 fully saturated rings. The third-order valence-corrected chi connectivity index (χ3v) is 10.9. The summed E-state index contributed by atoms with van der Waals surface area (Å²) in [5, 5.41) is 9.45. The molecular formula is C47H28N4O. The lowest BCUT2D eigenvalue weighted by atomic mass is 10.1. The first kappa shape index (κ1) is 27.7. The van der Waals surface area contributed by atoms with Crippen molar-refractivity contribution in [2.45, 2.75) is 0 Å². The van der Waals surface area contributed by atoms with Crippen molar-refractivity contribution in [2.24, 2.45) is 0 Å². The number of aromatic nitrogens is 4. The van der Waals surface area contributed by atoms with E-state index in [4.69, 9.17) is 4.42 Å². The SMILES string of the molecule is c1cnc2oc3c(-n4c5ccccc5c5cc(-n6c7ccccc7c7cc(-n8c9ccccc9c9ccccc98)ccc76)ccc54)cccc3c2c1. The van der Waals surface area contributed by atoms with Gasteiger partial charge in [0, 0.05) is 60.7 Å². The zero-order valence-corrected chi connectivity index (χ0v) is 27.9. The van der Waals surface area contributed by atoms with Gasteiger partial charge in [0.25, 0.3) is 0 Å². The molecule has 0 aliphatic heterocycles. The minimum atomic E-state index is 0.653. The summed E-state index contributed by atoms with van der Waals surface area (Å²) >= 11 is 0. The highest BCUT2D eigenvalue weighted by Crippen LogP contribution is 2.41. The second-order valence-electron chi connectivity index (χ2n) is 13.6. The average Bonchev–Trinajstić information content (AvgIpc) is 3.94. The lowest BCUT2D eigenvalue weighted by molar-refractivity contribution is 0.652. The van der Waals surface area contributed by atoms with Crippen molar-refractivity contribution in [1.29, 1.82) is 0 Å². The zero-order valence-electron chi connectivity index (χ0n) is 27.9. The van der Waals surface area contributed by atoms with Gasteiger partial charge in [0.05, 0.1) is 38.8 Å². The number of pyridine rings is 1. The van der Waals surface area contributed by atoms with Crippen molar-refractivity contribution >= 4 is 87.5 Å². The first-order valence-corrected chi connectivity index (χ1v) is 17.6. The number of rotatable bonds is 3. The molecule has 0 spiro atoms. The van der Waals surface area contributed by atoms with E-state index in [1.807, 2.05) is 6.07 Å². The summed E-state index contributed by atoms with van der Waals surface area (Å²) in [6, 6.07) is 59.0. The maximum atomic E-state index is 6.43. The summed E-state index contributed by atoms with van der Waals surface area (Å²) in [5.74, 6) is 0. The molecule has 7 aromatic carbocycles. The highest BCUT2D eigenvalue weighted by molar-refractivity contribution is 6.15. The Hall–Kier alpha value is -7.11. The van der Waals surface area contributed by atoms with Gasteiger partial charge in [-0.3, -0.25) is 0 Å². The summed E-state index contributed by atoms with van der Waals surface area (Å²) in [7, 11) is 0. The third kappa shape index (κ3) is 3.64. The van der Waals surface area contributed by atoms with Gasteiger partial charge in [-0.15, -0.1) is 0 Å². The molecular weight excluding hydrogens is 637 g/mol. The predicted octanol–water partition coefficient (Wildman–Crippen LogP) is 12.3. The van der Waals surface area contributed by atoms with Gasteiger partial charge in [0.15, 0.2) is 5.58 Å². The molecule has 0 bridgehead atoms. The van der Waals surface area contributed by atoms with Gasteiger partial charge in [0.2, 0.25) is 5.71 Å². The Balaban J connectivity index is 1.10. The van der Waals surface area contributed by atoms with Crippen molar-refractivity contribution in [1.82, 2.24) is 18.7 Å². The van der Waals surface area contributed by atoms with Crippen LogP contribution in [0.4, 0.5) is 0 Å². The molecule has 242 valence electrons. The second kappa shape index (κ2) is 10.2. The Labute approximate surface area is 296 Å². The molecule has 0 unspecified atom stereocenters. The van der Waals surface area contributed by atoms with Crippen molar-refractivity contribution in [3.8, 4) is 17.1 Å². The quantitative estimate of drug-likeness (QED) is 0.189. The minimum Gasteiger partial charge on any atom is -0.435 e. The molecule has 0 aliphatic carbocycles. The van der Waals surface area contributed by atoms with Gasteiger partial charge < -0.3 is 18.1 Å². The van der Waals surface area contributed by atoms with Gasteiger partial charge in [-0.25, -0.2) is 4.98 Å². The van der Waals surface area contributed by atoms with Crippen LogP contribution in [0.5, 0.6) is 0 Å². The van der Waals surface area contributed by atoms with Crippen LogP contribution >= 0.6 is 0 Å². The van der Waals surface area contributed by atoms with E-state index >= 15 is 0 Å². The van der Waals surface area contributed by atoms with E-state index in [2.05, 4.69) is 176 Å². The van der Waals surface area contributed by atoms with E-state index in [0.29, 0.717) is 5.71 Å². The average molecular weight is 665 g/mol. The van der Waals surface area contributed by atoms with E-state index in [9.17, 15) is 0 Å². The Morgan fingerprint density at radius 2 is 0.788 bits per heavy atom. The number of fused-ring (bicyclic) bond motifs is 12. The summed E-state index contributed by atoms with van der Waals surface area (Å²) < 4.78 is 13.6. The molecule has 0 saturated carbocycles. The van der Waals surface area contributed by atoms with Crippen LogP contribution in [-0.4, -0.2) is 18.7 Å². The van der Waals surface area contributed by atoms with E-state index < -0.39 is 0 Å². The first-order chi connectivity index (χ1) is 25.8. The second-order valence-corrected chi connectivity index (χ2v) is 13.6. The molecule has 0 amide bonds. The van der Waals surface area contributed by atoms with E-state index in [0.717, 1.165) is 44.5 Å². The summed E-state index contributed by atoms with van der Waals surface area (Å²) in [5.41, 5.74) is 11.8. The van der Waals surface area contributed by atoms with Crippen LogP contribution in [0, 0.1) is 0 Å². The fourth-order valence-corrected chi connectivity index (χ4v) is 8.73. The van der Waals surface area contributed by atoms with Crippen LogP contribution in [0.1, 0.15) is 0 Å². The first-order valence-electron chi connectivity index (χ1n) is 17.6. The number of hydrogen-bond donors (Lipinski definition) is 0. The van der Waals surface area contributed by atoms with E-state index in [-0.39, 0.29) is 0 Å². The van der Waals surface area contributed by atoms with Gasteiger partial charge in [0.1, 0.15) is 0 Å². The maximum Gasteiger partial charge on any atom is 0.227 e. The van der Waals surface area contributed by atoms with Crippen molar-refractivity contribution < 1.29 is 4.42 Å². The lowest BCUT2D eigenvalue weighted by Crippen LogP contribution is -1.97. The Kier molecular flexibility index (Phi) is 5.44. The molecule has 52 heavy (non-hydrogen) atoms. The molecule has 5 aromatic heterocycles. The molecule has 0 atom stereocenters. The number of nitrogens with zero attached hydrogens (tertiary/aromatic N) is 4. The summed E-state index contributed by atoms with van der Waals surface area (Å²) in [4.78, 5) is 4.52. The van der Waals surface area contributed by atoms with Crippen LogP contribution in [0.25, 0.3) is 105 Å². The molecule has 5 heteroatoms. The highest BCUT2D eigenvalue weighted by Gasteiger charge is 2.20. The maximum absolute atomic E-state index is 6.43. The molecule has 0 N–H and O–H groups in total. The fourth-order valence-electron chi connectivity index (χ4n) is 8.73. The van der Waals surface area contributed by atoms with Gasteiger partial charge in [-0.05, 0) is 78.9 Å². The Morgan fingerprint density at radius 1 is 0.346 bits per heavy atom. The summed E-state index contributed by atoms with van der Waals surface area (Å²) in [6.07, 6.45) is 1.78. The van der Waals surface area contributed by atoms with Crippen molar-refractivity contribution in [2.75, 3.05) is 0 Å². The molecule has 0 saturated heterocycles. The fraction of sp³-hybridized carbons (Fsp3) is 0. The van der Waals surface area contributed by atoms with E-state index in [1.165, 1.54) is 54.4 Å². The highest BCUT2D eigenvalue weighted by atomic mass is 16.3. The Morgan fingerprint density at radius 3 is 1.37 bits per heavy atom. The normalized spacial score (nSPS) is 12.2. The van der Waals surface area contributed by atoms with Gasteiger partial charge >= 0.3 is 0 Å². The Bertz CT molecular complexity index is 3370. The van der Waals surface area contributed by atoms with Crippen LogP contribution < -0.4 is 0 Å². The predicted molar refractivity (Wildman–Crippen MR) is 215 cm³/mol. The zero-order chi connectivity index (χ0) is 33.9. The standard InChI is InChI=1S/C47H28N4O/c1-5-17-39-31(11-1)32-12-2-6-18-40(32)49(39)29-22-24-43-37(27-29)33-13-3-7-19-41(33)50(43)30-23-25-44-38(28-30)34-14-4-8-20-42(34)51(44)45-21-9-15-35-36-16-10-26-48-47(36)52-46(35)45/h1-28H. The lowest BCUT2D eigenvalue weighted by Gasteiger charge is -2.11. The molecule has 0 aliphatic rings. The van der Waals surface area contributed by atoms with E-state index in [1.54, 1.807) is 6.20 Å². The van der Waals surface area contributed by atoms with Crippen LogP contribution in [0.3, 0.4) is 0 Å². The van der Waals surface area contributed by atoms with Crippen LogP contribution in [0.15, 0.2) is 174 Å². The number of para-hydroxylation sites is 5. The van der Waals surface area contributed by atoms with Crippen LogP contribution in [0.2, 0.25) is 0 Å². The minimum absolute atomic E-state index is 0.653. The largest absolute Gasteiger partial charge is 0.435 e. The monoisotopic (exact) mass is 664 g/mol. The smallest absolute Gasteiger partial charge is 0.227 e. The summed E-state index contributed by atoms with van der Waals surface area (Å²) in [6.45, 7) is 0. The molecule has 12 aromatic rings. The molecule has 5 heterocycles. The van der Waals surface area contributed by atoms with Crippen molar-refractivity contribution in [3.63, 3.8) is 0 Å². The number of furan rings is 1. The topological polar surface area (TPSA) is 40.8 Å². The van der Waals surface area contributed by atoms with Crippen LogP contribution in [-0.2, 0) is 0 Å². The number of benzene rings is 7.